The minimum atomic E-state index is -0.0674. The average Bonchev–Trinajstić information content (AvgIpc) is 2.63. The Labute approximate surface area is 133 Å². The maximum atomic E-state index is 5.97. The third-order valence-electron chi connectivity index (χ3n) is 3.52. The van der Waals surface area contributed by atoms with Gasteiger partial charge in [-0.3, -0.25) is 0 Å². The zero-order valence-electron chi connectivity index (χ0n) is 13.5. The van der Waals surface area contributed by atoms with Crippen LogP contribution in [-0.4, -0.2) is 6.61 Å². The summed E-state index contributed by atoms with van der Waals surface area (Å²) in [5.41, 5.74) is 3.82. The Morgan fingerprint density at radius 3 is 2.82 bits per heavy atom. The molecule has 0 fully saturated rings. The van der Waals surface area contributed by atoms with Gasteiger partial charge in [-0.1, -0.05) is 56.7 Å². The van der Waals surface area contributed by atoms with E-state index in [0.717, 1.165) is 28.0 Å². The van der Waals surface area contributed by atoms with Crippen LogP contribution in [-0.2, 0) is 0 Å². The van der Waals surface area contributed by atoms with Crippen LogP contribution >= 0.6 is 0 Å². The van der Waals surface area contributed by atoms with Crippen molar-refractivity contribution in [2.45, 2.75) is 20.8 Å². The van der Waals surface area contributed by atoms with Gasteiger partial charge in [-0.05, 0) is 36.3 Å². The standard InChI is InChI=1S/C21H22O/c1-6-8-9-10-16(3)19-14-21(4,5)15-22-20-12-11-17(7-2)13-18(19)20/h2,6,8-14H,3,15H2,1,4-5H3/b8-6-,10-9-. The number of hydrogen-bond donors (Lipinski definition) is 0. The predicted octanol–water partition coefficient (Wildman–Crippen LogP) is 5.16. The molecule has 0 bridgehead atoms. The first kappa shape index (κ1) is 15.9. The van der Waals surface area contributed by atoms with E-state index in [-0.39, 0.29) is 5.41 Å². The number of rotatable bonds is 3. The molecular formula is C21H22O. The summed E-state index contributed by atoms with van der Waals surface area (Å²) in [4.78, 5) is 0. The van der Waals surface area contributed by atoms with E-state index in [1.807, 2.05) is 49.4 Å². The van der Waals surface area contributed by atoms with Crippen molar-refractivity contribution >= 4 is 5.57 Å². The van der Waals surface area contributed by atoms with Gasteiger partial charge in [0.15, 0.2) is 0 Å². The zero-order chi connectivity index (χ0) is 16.2. The van der Waals surface area contributed by atoms with E-state index in [1.54, 1.807) is 0 Å². The highest BCUT2D eigenvalue weighted by Gasteiger charge is 2.24. The van der Waals surface area contributed by atoms with Gasteiger partial charge in [0.2, 0.25) is 0 Å². The second-order valence-corrected chi connectivity index (χ2v) is 6.10. The number of terminal acetylenes is 1. The third kappa shape index (κ3) is 3.59. The molecule has 0 unspecified atom stereocenters. The summed E-state index contributed by atoms with van der Waals surface area (Å²) in [5, 5.41) is 0. The molecule has 0 atom stereocenters. The second-order valence-electron chi connectivity index (χ2n) is 6.10. The van der Waals surface area contributed by atoms with Crippen LogP contribution in [0.25, 0.3) is 5.57 Å². The molecule has 1 aliphatic rings. The Morgan fingerprint density at radius 2 is 2.14 bits per heavy atom. The van der Waals surface area contributed by atoms with E-state index in [9.17, 15) is 0 Å². The average molecular weight is 290 g/mol. The van der Waals surface area contributed by atoms with Crippen LogP contribution in [0.2, 0.25) is 0 Å². The van der Waals surface area contributed by atoms with Crippen molar-refractivity contribution in [2.75, 3.05) is 6.61 Å². The molecule has 22 heavy (non-hydrogen) atoms. The van der Waals surface area contributed by atoms with E-state index in [4.69, 9.17) is 11.2 Å². The van der Waals surface area contributed by atoms with E-state index >= 15 is 0 Å². The van der Waals surface area contributed by atoms with Crippen molar-refractivity contribution in [3.8, 4) is 18.1 Å². The van der Waals surface area contributed by atoms with Crippen LogP contribution in [0, 0.1) is 17.8 Å². The third-order valence-corrected chi connectivity index (χ3v) is 3.52. The molecule has 0 saturated carbocycles. The van der Waals surface area contributed by atoms with E-state index in [2.05, 4.69) is 32.4 Å². The topological polar surface area (TPSA) is 9.23 Å². The molecule has 0 saturated heterocycles. The highest BCUT2D eigenvalue weighted by atomic mass is 16.5. The maximum absolute atomic E-state index is 5.97. The molecule has 0 aliphatic carbocycles. The number of benzene rings is 1. The van der Waals surface area contributed by atoms with Crippen LogP contribution in [0.3, 0.4) is 0 Å². The molecule has 1 aromatic carbocycles. The smallest absolute Gasteiger partial charge is 0.127 e. The molecule has 112 valence electrons. The Morgan fingerprint density at radius 1 is 1.36 bits per heavy atom. The minimum absolute atomic E-state index is 0.0674. The van der Waals surface area contributed by atoms with Crippen LogP contribution < -0.4 is 4.74 Å². The van der Waals surface area contributed by atoms with Gasteiger partial charge < -0.3 is 4.74 Å². The van der Waals surface area contributed by atoms with E-state index < -0.39 is 0 Å². The predicted molar refractivity (Wildman–Crippen MR) is 94.7 cm³/mol. The summed E-state index contributed by atoms with van der Waals surface area (Å²) in [6.45, 7) is 11.1. The molecule has 0 N–H and O–H groups in total. The summed E-state index contributed by atoms with van der Waals surface area (Å²) >= 11 is 0. The molecule has 1 aliphatic heterocycles. The largest absolute Gasteiger partial charge is 0.492 e. The zero-order valence-corrected chi connectivity index (χ0v) is 13.5. The van der Waals surface area contributed by atoms with Gasteiger partial charge in [0.25, 0.3) is 0 Å². The molecule has 1 aromatic rings. The Balaban J connectivity index is 2.55. The van der Waals surface area contributed by atoms with Gasteiger partial charge in [0, 0.05) is 16.5 Å². The molecule has 0 radical (unpaired) electrons. The monoisotopic (exact) mass is 290 g/mol. The van der Waals surface area contributed by atoms with Crippen molar-refractivity contribution in [3.63, 3.8) is 0 Å². The van der Waals surface area contributed by atoms with Gasteiger partial charge >= 0.3 is 0 Å². The fourth-order valence-corrected chi connectivity index (χ4v) is 2.37. The second kappa shape index (κ2) is 6.54. The number of allylic oxidation sites excluding steroid dienone is 6. The summed E-state index contributed by atoms with van der Waals surface area (Å²) in [7, 11) is 0. The van der Waals surface area contributed by atoms with Gasteiger partial charge in [0.05, 0.1) is 6.61 Å². The molecule has 0 amide bonds. The van der Waals surface area contributed by atoms with Crippen LogP contribution in [0.5, 0.6) is 5.75 Å². The van der Waals surface area contributed by atoms with E-state index in [0.29, 0.717) is 6.61 Å². The molecule has 0 aromatic heterocycles. The molecule has 1 heterocycles. The summed E-state index contributed by atoms with van der Waals surface area (Å²) in [5.74, 6) is 3.55. The first-order chi connectivity index (χ1) is 10.5. The Kier molecular flexibility index (Phi) is 4.73. The summed E-state index contributed by atoms with van der Waals surface area (Å²) < 4.78 is 5.97. The summed E-state index contributed by atoms with van der Waals surface area (Å²) in [6, 6.07) is 5.85. The van der Waals surface area contributed by atoms with E-state index in [1.165, 1.54) is 0 Å². The highest BCUT2D eigenvalue weighted by Crippen LogP contribution is 2.38. The van der Waals surface area contributed by atoms with Crippen molar-refractivity contribution in [2.24, 2.45) is 5.41 Å². The normalized spacial score (nSPS) is 16.5. The van der Waals surface area contributed by atoms with Gasteiger partial charge in [-0.2, -0.15) is 0 Å². The highest BCUT2D eigenvalue weighted by molar-refractivity contribution is 5.85. The van der Waals surface area contributed by atoms with Gasteiger partial charge in [0.1, 0.15) is 5.75 Å². The fraction of sp³-hybridized carbons (Fsp3) is 0.238. The lowest BCUT2D eigenvalue weighted by atomic mass is 9.87. The molecule has 1 heteroatoms. The van der Waals surface area contributed by atoms with Crippen LogP contribution in [0.1, 0.15) is 31.9 Å². The van der Waals surface area contributed by atoms with Crippen molar-refractivity contribution in [1.29, 1.82) is 0 Å². The fourth-order valence-electron chi connectivity index (χ4n) is 2.37. The van der Waals surface area contributed by atoms with Gasteiger partial charge in [-0.25, -0.2) is 0 Å². The number of ether oxygens (including phenoxy) is 1. The summed E-state index contributed by atoms with van der Waals surface area (Å²) in [6.07, 6.45) is 15.7. The molecular weight excluding hydrogens is 268 g/mol. The Bertz CT molecular complexity index is 706. The van der Waals surface area contributed by atoms with Gasteiger partial charge in [-0.15, -0.1) is 6.42 Å². The van der Waals surface area contributed by atoms with Crippen molar-refractivity contribution in [1.82, 2.24) is 0 Å². The Hall–Kier alpha value is -2.46. The SMILES string of the molecule is C#Cc1ccc2c(c1)C(C(=C)/C=C\C=C/C)=CC(C)(C)CO2. The van der Waals surface area contributed by atoms with Crippen LogP contribution in [0.15, 0.2) is 60.7 Å². The molecule has 1 nitrogen and oxygen atoms in total. The minimum Gasteiger partial charge on any atom is -0.492 e. The quantitative estimate of drug-likeness (QED) is 0.552. The number of fused-ring (bicyclic) bond motifs is 1. The number of hydrogen-bond acceptors (Lipinski definition) is 1. The first-order valence-electron chi connectivity index (χ1n) is 7.42. The lowest BCUT2D eigenvalue weighted by Crippen LogP contribution is -2.17. The molecule has 2 rings (SSSR count). The first-order valence-corrected chi connectivity index (χ1v) is 7.42. The van der Waals surface area contributed by atoms with Crippen LogP contribution in [0.4, 0.5) is 0 Å². The molecule has 0 spiro atoms. The maximum Gasteiger partial charge on any atom is 0.127 e. The van der Waals surface area contributed by atoms with Crippen molar-refractivity contribution in [3.05, 3.63) is 71.9 Å². The lowest BCUT2D eigenvalue weighted by Gasteiger charge is -2.18. The van der Waals surface area contributed by atoms with Crippen molar-refractivity contribution < 1.29 is 4.74 Å². The lowest BCUT2D eigenvalue weighted by molar-refractivity contribution is 0.225.